The molecule has 3 aromatic heterocycles. The second-order valence-electron chi connectivity index (χ2n) is 7.63. The summed E-state index contributed by atoms with van der Waals surface area (Å²) in [6, 6.07) is 1.85. The average molecular weight is 429 g/mol. The van der Waals surface area contributed by atoms with E-state index in [9.17, 15) is 0 Å². The molecule has 0 aromatic carbocycles. The number of nitrogens with two attached hydrogens (primary N) is 1. The SMILES string of the molecule is Nc1nccc(Sc2cnc(N3CCC4(CCOC4)CC3)c3cncnc23)c1Cl. The molecule has 1 spiro atoms. The van der Waals surface area contributed by atoms with E-state index in [0.717, 1.165) is 65.7 Å². The zero-order chi connectivity index (χ0) is 19.8. The summed E-state index contributed by atoms with van der Waals surface area (Å²) >= 11 is 7.82. The maximum atomic E-state index is 6.33. The van der Waals surface area contributed by atoms with E-state index in [4.69, 9.17) is 27.1 Å². The molecule has 0 atom stereocenters. The minimum Gasteiger partial charge on any atom is -0.382 e. The molecule has 0 radical (unpaired) electrons. The van der Waals surface area contributed by atoms with Crippen molar-refractivity contribution in [2.24, 2.45) is 5.41 Å². The van der Waals surface area contributed by atoms with Gasteiger partial charge in [-0.25, -0.2) is 19.9 Å². The summed E-state index contributed by atoms with van der Waals surface area (Å²) in [5.41, 5.74) is 7.07. The molecule has 2 fully saturated rings. The predicted molar refractivity (Wildman–Crippen MR) is 114 cm³/mol. The number of hydrogen-bond acceptors (Lipinski definition) is 8. The Labute approximate surface area is 178 Å². The van der Waals surface area contributed by atoms with E-state index in [2.05, 4.69) is 19.9 Å². The fourth-order valence-corrected chi connectivity index (χ4v) is 5.29. The Balaban J connectivity index is 1.46. The number of ether oxygens (including phenoxy) is 1. The lowest BCUT2D eigenvalue weighted by atomic mass is 9.78. The van der Waals surface area contributed by atoms with E-state index in [1.54, 1.807) is 12.5 Å². The number of fused-ring (bicyclic) bond motifs is 1. The topological polar surface area (TPSA) is 90.0 Å². The molecule has 2 aliphatic heterocycles. The first-order chi connectivity index (χ1) is 14.2. The number of rotatable bonds is 3. The maximum absolute atomic E-state index is 6.33. The number of anilines is 2. The summed E-state index contributed by atoms with van der Waals surface area (Å²) in [5.74, 6) is 1.26. The van der Waals surface area contributed by atoms with Gasteiger partial charge in [-0.15, -0.1) is 0 Å². The van der Waals surface area contributed by atoms with Crippen molar-refractivity contribution >= 4 is 45.9 Å². The lowest BCUT2D eigenvalue weighted by Gasteiger charge is -2.39. The zero-order valence-corrected chi connectivity index (χ0v) is 17.4. The van der Waals surface area contributed by atoms with Crippen molar-refractivity contribution in [2.45, 2.75) is 29.1 Å². The van der Waals surface area contributed by atoms with Crippen LogP contribution >= 0.6 is 23.4 Å². The zero-order valence-electron chi connectivity index (χ0n) is 15.8. The van der Waals surface area contributed by atoms with Gasteiger partial charge in [-0.05, 0) is 30.7 Å². The monoisotopic (exact) mass is 428 g/mol. The van der Waals surface area contributed by atoms with Gasteiger partial charge in [0.25, 0.3) is 0 Å². The normalized spacial score (nSPS) is 18.6. The van der Waals surface area contributed by atoms with Gasteiger partial charge in [0, 0.05) is 43.2 Å². The molecule has 0 unspecified atom stereocenters. The Morgan fingerprint density at radius 1 is 1.10 bits per heavy atom. The Hall–Kier alpha value is -2.16. The molecule has 2 saturated heterocycles. The van der Waals surface area contributed by atoms with Crippen molar-refractivity contribution < 1.29 is 4.74 Å². The van der Waals surface area contributed by atoms with Crippen LogP contribution in [0, 0.1) is 5.41 Å². The lowest BCUT2D eigenvalue weighted by Crippen LogP contribution is -2.41. The number of nitrogens with zero attached hydrogens (tertiary/aromatic N) is 5. The van der Waals surface area contributed by atoms with Gasteiger partial charge in [0.15, 0.2) is 0 Å². The summed E-state index contributed by atoms with van der Waals surface area (Å²) in [4.78, 5) is 21.7. The van der Waals surface area contributed by atoms with Crippen LogP contribution in [0.5, 0.6) is 0 Å². The molecular formula is C20H21ClN6OS. The molecule has 150 valence electrons. The Kier molecular flexibility index (Phi) is 4.93. The van der Waals surface area contributed by atoms with Crippen LogP contribution in [-0.2, 0) is 4.74 Å². The highest BCUT2D eigenvalue weighted by atomic mass is 35.5. The number of nitrogen functional groups attached to an aromatic ring is 1. The van der Waals surface area contributed by atoms with Gasteiger partial charge in [-0.3, -0.25) is 0 Å². The third-order valence-corrected chi connectivity index (χ3v) is 7.49. The van der Waals surface area contributed by atoms with Gasteiger partial charge in [-0.1, -0.05) is 23.4 Å². The molecule has 0 bridgehead atoms. The first-order valence-corrected chi connectivity index (χ1v) is 10.8. The van der Waals surface area contributed by atoms with Gasteiger partial charge in [-0.2, -0.15) is 0 Å². The van der Waals surface area contributed by atoms with Gasteiger partial charge >= 0.3 is 0 Å². The van der Waals surface area contributed by atoms with Crippen molar-refractivity contribution in [3.8, 4) is 0 Å². The minimum absolute atomic E-state index is 0.318. The van der Waals surface area contributed by atoms with Crippen molar-refractivity contribution in [2.75, 3.05) is 36.9 Å². The highest BCUT2D eigenvalue weighted by Crippen LogP contribution is 2.42. The molecule has 0 amide bonds. The average Bonchev–Trinajstić information content (AvgIpc) is 3.20. The molecule has 5 heterocycles. The van der Waals surface area contributed by atoms with Crippen molar-refractivity contribution in [3.05, 3.63) is 36.0 Å². The van der Waals surface area contributed by atoms with E-state index >= 15 is 0 Å². The molecule has 5 rings (SSSR count). The quantitative estimate of drug-likeness (QED) is 0.673. The van der Waals surface area contributed by atoms with Crippen LogP contribution in [0.2, 0.25) is 5.02 Å². The second kappa shape index (κ2) is 7.59. The second-order valence-corrected chi connectivity index (χ2v) is 9.09. The predicted octanol–water partition coefficient (Wildman–Crippen LogP) is 3.81. The van der Waals surface area contributed by atoms with Crippen LogP contribution < -0.4 is 10.6 Å². The van der Waals surface area contributed by atoms with Crippen molar-refractivity contribution in [3.63, 3.8) is 0 Å². The maximum Gasteiger partial charge on any atom is 0.143 e. The fraction of sp³-hybridized carbons (Fsp3) is 0.400. The third-order valence-electron chi connectivity index (χ3n) is 5.90. The molecule has 0 saturated carbocycles. The Bertz CT molecular complexity index is 1050. The highest BCUT2D eigenvalue weighted by molar-refractivity contribution is 7.99. The Morgan fingerprint density at radius 2 is 1.97 bits per heavy atom. The standard InChI is InChI=1S/C20H21ClN6OS/c21-16-14(1-5-24-18(16)22)29-15-10-25-19(13-9-23-12-26-17(13)15)27-6-2-20(3-7-27)4-8-28-11-20/h1,5,9-10,12H,2-4,6-8,11H2,(H2,22,24). The van der Waals surface area contributed by atoms with Crippen LogP contribution in [0.25, 0.3) is 10.9 Å². The first-order valence-electron chi connectivity index (χ1n) is 9.64. The molecule has 29 heavy (non-hydrogen) atoms. The highest BCUT2D eigenvalue weighted by Gasteiger charge is 2.38. The van der Waals surface area contributed by atoms with Gasteiger partial charge in [0.05, 0.1) is 27.4 Å². The minimum atomic E-state index is 0.318. The molecular weight excluding hydrogens is 408 g/mol. The van der Waals surface area contributed by atoms with Crippen LogP contribution in [0.3, 0.4) is 0 Å². The van der Waals surface area contributed by atoms with Gasteiger partial charge in [0.2, 0.25) is 0 Å². The third kappa shape index (κ3) is 3.49. The summed E-state index contributed by atoms with van der Waals surface area (Å²) in [6.07, 6.45) is 10.4. The summed E-state index contributed by atoms with van der Waals surface area (Å²) < 4.78 is 5.66. The molecule has 7 nitrogen and oxygen atoms in total. The van der Waals surface area contributed by atoms with Crippen molar-refractivity contribution in [1.82, 2.24) is 19.9 Å². The number of pyridine rings is 2. The van der Waals surface area contributed by atoms with Gasteiger partial charge < -0.3 is 15.4 Å². The first kappa shape index (κ1) is 18.8. The molecule has 2 aliphatic rings. The van der Waals surface area contributed by atoms with E-state index in [-0.39, 0.29) is 0 Å². The van der Waals surface area contributed by atoms with Crippen molar-refractivity contribution in [1.29, 1.82) is 0 Å². The van der Waals surface area contributed by atoms with Crippen LogP contribution in [0.15, 0.2) is 40.8 Å². The van der Waals surface area contributed by atoms with Gasteiger partial charge in [0.1, 0.15) is 18.0 Å². The Morgan fingerprint density at radius 3 is 2.76 bits per heavy atom. The van der Waals surface area contributed by atoms with Crippen LogP contribution in [0.1, 0.15) is 19.3 Å². The lowest BCUT2D eigenvalue weighted by molar-refractivity contribution is 0.133. The number of hydrogen-bond donors (Lipinski definition) is 1. The number of halogens is 1. The van der Waals surface area contributed by atoms with E-state index in [1.807, 2.05) is 18.5 Å². The van der Waals surface area contributed by atoms with Crippen LogP contribution in [-0.4, -0.2) is 46.2 Å². The molecule has 3 aromatic rings. The summed E-state index contributed by atoms with van der Waals surface area (Å²) in [5, 5.41) is 1.40. The molecule has 9 heteroatoms. The smallest absolute Gasteiger partial charge is 0.143 e. The fourth-order valence-electron chi connectivity index (χ4n) is 4.14. The molecule has 2 N–H and O–H groups in total. The van der Waals surface area contributed by atoms with E-state index < -0.39 is 0 Å². The largest absolute Gasteiger partial charge is 0.382 e. The number of aromatic nitrogens is 4. The number of piperidine rings is 1. The van der Waals surface area contributed by atoms with Crippen LogP contribution in [0.4, 0.5) is 11.6 Å². The van der Waals surface area contributed by atoms with E-state index in [1.165, 1.54) is 18.2 Å². The summed E-state index contributed by atoms with van der Waals surface area (Å²) in [6.45, 7) is 3.73. The molecule has 0 aliphatic carbocycles. The summed E-state index contributed by atoms with van der Waals surface area (Å²) in [7, 11) is 0. The van der Waals surface area contributed by atoms with E-state index in [0.29, 0.717) is 16.3 Å².